The van der Waals surface area contributed by atoms with Gasteiger partial charge in [-0.25, -0.2) is 9.78 Å². The van der Waals surface area contributed by atoms with Crippen LogP contribution in [0.2, 0.25) is 0 Å². The molecular weight excluding hydrogens is 230 g/mol. The van der Waals surface area contributed by atoms with Crippen LogP contribution in [0.3, 0.4) is 0 Å². The third-order valence-electron chi connectivity index (χ3n) is 2.72. The quantitative estimate of drug-likeness (QED) is 0.743. The summed E-state index contributed by atoms with van der Waals surface area (Å²) in [5.74, 6) is -1.01. The topological polar surface area (TPSA) is 68.0 Å². The lowest BCUT2D eigenvalue weighted by atomic mass is 10.2. The molecule has 1 aromatic carbocycles. The highest BCUT2D eigenvalue weighted by Crippen LogP contribution is 2.20. The van der Waals surface area contributed by atoms with Gasteiger partial charge in [0, 0.05) is 11.9 Å². The Morgan fingerprint density at radius 2 is 1.94 bits per heavy atom. The Morgan fingerprint density at radius 1 is 1.17 bits per heavy atom. The van der Waals surface area contributed by atoms with E-state index in [1.165, 1.54) is 6.20 Å². The standard InChI is InChI=1S/C13H9N3O2/c17-13(18)10-6-14-7-11-12(10)16(8-15-11)9-4-2-1-3-5-9/h1-8H,(H,17,18). The van der Waals surface area contributed by atoms with E-state index >= 15 is 0 Å². The molecule has 5 nitrogen and oxygen atoms in total. The fourth-order valence-corrected chi connectivity index (χ4v) is 1.91. The maximum absolute atomic E-state index is 11.2. The molecule has 0 aliphatic rings. The molecule has 0 saturated carbocycles. The molecule has 18 heavy (non-hydrogen) atoms. The molecule has 0 bridgehead atoms. The molecule has 0 radical (unpaired) electrons. The van der Waals surface area contributed by atoms with Gasteiger partial charge in [0.15, 0.2) is 0 Å². The average Bonchev–Trinajstić information content (AvgIpc) is 2.83. The number of carboxylic acid groups (broad SMARTS) is 1. The number of carboxylic acids is 1. The molecule has 0 saturated heterocycles. The number of aromatic carboxylic acids is 1. The number of aromatic nitrogens is 3. The lowest BCUT2D eigenvalue weighted by molar-refractivity contribution is 0.0698. The van der Waals surface area contributed by atoms with E-state index in [4.69, 9.17) is 0 Å². The predicted octanol–water partition coefficient (Wildman–Crippen LogP) is 2.12. The van der Waals surface area contributed by atoms with Gasteiger partial charge in [-0.2, -0.15) is 0 Å². The van der Waals surface area contributed by atoms with Crippen LogP contribution >= 0.6 is 0 Å². The predicted molar refractivity (Wildman–Crippen MR) is 65.8 cm³/mol. The minimum Gasteiger partial charge on any atom is -0.478 e. The van der Waals surface area contributed by atoms with Gasteiger partial charge in [-0.3, -0.25) is 9.55 Å². The number of fused-ring (bicyclic) bond motifs is 1. The van der Waals surface area contributed by atoms with E-state index in [-0.39, 0.29) is 5.56 Å². The Hall–Kier alpha value is -2.69. The van der Waals surface area contributed by atoms with Gasteiger partial charge in [0.1, 0.15) is 17.4 Å². The maximum Gasteiger partial charge on any atom is 0.339 e. The lowest BCUT2D eigenvalue weighted by Gasteiger charge is -2.05. The van der Waals surface area contributed by atoms with Crippen molar-refractivity contribution in [1.29, 1.82) is 0 Å². The summed E-state index contributed by atoms with van der Waals surface area (Å²) in [4.78, 5) is 19.3. The number of imidazole rings is 1. The van der Waals surface area contributed by atoms with Crippen LogP contribution < -0.4 is 0 Å². The highest BCUT2D eigenvalue weighted by molar-refractivity contribution is 6.01. The normalized spacial score (nSPS) is 10.7. The van der Waals surface area contributed by atoms with Gasteiger partial charge in [0.05, 0.1) is 11.7 Å². The van der Waals surface area contributed by atoms with E-state index in [0.29, 0.717) is 11.0 Å². The first kappa shape index (κ1) is 10.5. The van der Waals surface area contributed by atoms with E-state index < -0.39 is 5.97 Å². The minimum atomic E-state index is -1.01. The SMILES string of the molecule is O=C(O)c1cncc2ncn(-c3ccccc3)c12. The van der Waals surface area contributed by atoms with Crippen LogP contribution in [0.5, 0.6) is 0 Å². The summed E-state index contributed by atoms with van der Waals surface area (Å²) in [6.45, 7) is 0. The molecular formula is C13H9N3O2. The highest BCUT2D eigenvalue weighted by Gasteiger charge is 2.14. The van der Waals surface area contributed by atoms with Gasteiger partial charge in [0.2, 0.25) is 0 Å². The number of pyridine rings is 1. The van der Waals surface area contributed by atoms with Crippen LogP contribution in [0, 0.1) is 0 Å². The van der Waals surface area contributed by atoms with Crippen molar-refractivity contribution in [2.24, 2.45) is 0 Å². The summed E-state index contributed by atoms with van der Waals surface area (Å²) < 4.78 is 1.75. The third-order valence-corrected chi connectivity index (χ3v) is 2.72. The summed E-state index contributed by atoms with van der Waals surface area (Å²) in [5.41, 5.74) is 2.14. The van der Waals surface area contributed by atoms with Crippen molar-refractivity contribution in [3.63, 3.8) is 0 Å². The zero-order valence-electron chi connectivity index (χ0n) is 9.32. The molecule has 0 aliphatic heterocycles. The van der Waals surface area contributed by atoms with Gasteiger partial charge in [-0.05, 0) is 12.1 Å². The second-order valence-corrected chi connectivity index (χ2v) is 3.81. The zero-order chi connectivity index (χ0) is 12.5. The second-order valence-electron chi connectivity index (χ2n) is 3.81. The zero-order valence-corrected chi connectivity index (χ0v) is 9.32. The fraction of sp³-hybridized carbons (Fsp3) is 0. The number of para-hydroxylation sites is 1. The Balaban J connectivity index is 2.35. The molecule has 3 rings (SSSR count). The molecule has 0 fully saturated rings. The van der Waals surface area contributed by atoms with Crippen LogP contribution in [0.25, 0.3) is 16.7 Å². The molecule has 0 amide bonds. The Morgan fingerprint density at radius 3 is 2.67 bits per heavy atom. The monoisotopic (exact) mass is 239 g/mol. The fourth-order valence-electron chi connectivity index (χ4n) is 1.91. The molecule has 2 heterocycles. The molecule has 0 atom stereocenters. The van der Waals surface area contributed by atoms with E-state index in [0.717, 1.165) is 5.69 Å². The first-order valence-corrected chi connectivity index (χ1v) is 5.37. The first-order chi connectivity index (χ1) is 8.77. The molecule has 0 aliphatic carbocycles. The third kappa shape index (κ3) is 1.53. The van der Waals surface area contributed by atoms with E-state index in [2.05, 4.69) is 9.97 Å². The molecule has 88 valence electrons. The average molecular weight is 239 g/mol. The number of hydrogen-bond donors (Lipinski definition) is 1. The minimum absolute atomic E-state index is 0.147. The van der Waals surface area contributed by atoms with Gasteiger partial charge in [-0.1, -0.05) is 18.2 Å². The van der Waals surface area contributed by atoms with E-state index in [9.17, 15) is 9.90 Å². The van der Waals surface area contributed by atoms with Gasteiger partial charge >= 0.3 is 5.97 Å². The van der Waals surface area contributed by atoms with Crippen molar-refractivity contribution < 1.29 is 9.90 Å². The summed E-state index contributed by atoms with van der Waals surface area (Å²) in [7, 11) is 0. The summed E-state index contributed by atoms with van der Waals surface area (Å²) in [5, 5.41) is 9.19. The molecule has 5 heteroatoms. The molecule has 0 unspecified atom stereocenters. The number of rotatable bonds is 2. The lowest BCUT2D eigenvalue weighted by Crippen LogP contribution is -2.02. The van der Waals surface area contributed by atoms with Gasteiger partial charge in [-0.15, -0.1) is 0 Å². The Labute approximate surface area is 102 Å². The molecule has 1 N–H and O–H groups in total. The van der Waals surface area contributed by atoms with E-state index in [1.54, 1.807) is 17.1 Å². The summed E-state index contributed by atoms with van der Waals surface area (Å²) in [6, 6.07) is 9.48. The van der Waals surface area contributed by atoms with Crippen molar-refractivity contribution in [1.82, 2.24) is 14.5 Å². The van der Waals surface area contributed by atoms with Crippen molar-refractivity contribution >= 4 is 17.0 Å². The van der Waals surface area contributed by atoms with Crippen LogP contribution in [-0.2, 0) is 0 Å². The number of benzene rings is 1. The largest absolute Gasteiger partial charge is 0.478 e. The van der Waals surface area contributed by atoms with E-state index in [1.807, 2.05) is 30.3 Å². The van der Waals surface area contributed by atoms with Crippen molar-refractivity contribution in [2.75, 3.05) is 0 Å². The van der Waals surface area contributed by atoms with Crippen molar-refractivity contribution in [2.45, 2.75) is 0 Å². The second kappa shape index (κ2) is 3.96. The van der Waals surface area contributed by atoms with Gasteiger partial charge < -0.3 is 5.11 Å². The van der Waals surface area contributed by atoms with Crippen LogP contribution in [0.1, 0.15) is 10.4 Å². The first-order valence-electron chi connectivity index (χ1n) is 5.37. The van der Waals surface area contributed by atoms with Crippen LogP contribution in [0.15, 0.2) is 49.1 Å². The number of hydrogen-bond acceptors (Lipinski definition) is 3. The molecule has 0 spiro atoms. The van der Waals surface area contributed by atoms with Crippen LogP contribution in [-0.4, -0.2) is 25.6 Å². The number of nitrogens with zero attached hydrogens (tertiary/aromatic N) is 3. The number of carbonyl (C=O) groups is 1. The maximum atomic E-state index is 11.2. The summed E-state index contributed by atoms with van der Waals surface area (Å²) in [6.07, 6.45) is 4.50. The smallest absolute Gasteiger partial charge is 0.339 e. The summed E-state index contributed by atoms with van der Waals surface area (Å²) >= 11 is 0. The molecule has 2 aromatic heterocycles. The van der Waals surface area contributed by atoms with Crippen molar-refractivity contribution in [3.05, 3.63) is 54.6 Å². The highest BCUT2D eigenvalue weighted by atomic mass is 16.4. The Bertz CT molecular complexity index is 719. The van der Waals surface area contributed by atoms with Crippen LogP contribution in [0.4, 0.5) is 0 Å². The molecule has 3 aromatic rings. The van der Waals surface area contributed by atoms with Crippen molar-refractivity contribution in [3.8, 4) is 5.69 Å². The van der Waals surface area contributed by atoms with Gasteiger partial charge in [0.25, 0.3) is 0 Å². The Kier molecular flexibility index (Phi) is 2.30.